The molecule has 0 aliphatic rings. The van der Waals surface area contributed by atoms with Crippen molar-refractivity contribution in [1.82, 2.24) is 14.3 Å². The van der Waals surface area contributed by atoms with Crippen molar-refractivity contribution in [3.05, 3.63) is 79.5 Å². The molecule has 6 heteroatoms. The number of phenols is 1. The number of rotatable bonds is 3. The van der Waals surface area contributed by atoms with Gasteiger partial charge in [0, 0.05) is 24.0 Å². The minimum atomic E-state index is -0.489. The van der Waals surface area contributed by atoms with E-state index in [1.807, 2.05) is 0 Å². The highest BCUT2D eigenvalue weighted by molar-refractivity contribution is 5.89. The van der Waals surface area contributed by atoms with Crippen molar-refractivity contribution >= 4 is 16.8 Å². The summed E-state index contributed by atoms with van der Waals surface area (Å²) in [6, 6.07) is 11.2. The fourth-order valence-corrected chi connectivity index (χ4v) is 2.88. The highest BCUT2D eigenvalue weighted by atomic mass is 19.1. The van der Waals surface area contributed by atoms with Crippen LogP contribution in [0.5, 0.6) is 5.75 Å². The van der Waals surface area contributed by atoms with Crippen molar-refractivity contribution in [2.45, 2.75) is 0 Å². The number of phenolic OH excluding ortho intramolecular Hbond substituents is 1. The molecule has 5 nitrogen and oxygen atoms in total. The number of carbonyl (C=O) groups excluding carboxylic acids is 1. The van der Waals surface area contributed by atoms with Gasteiger partial charge in [0.05, 0.1) is 16.8 Å². The lowest BCUT2D eigenvalue weighted by Crippen LogP contribution is -2.03. The van der Waals surface area contributed by atoms with E-state index in [1.165, 1.54) is 28.8 Å². The summed E-state index contributed by atoms with van der Waals surface area (Å²) < 4.78 is 17.2. The highest BCUT2D eigenvalue weighted by Gasteiger charge is 2.12. The molecule has 0 aliphatic heterocycles. The number of allylic oxidation sites excluding steroid dienone is 1. The third-order valence-corrected chi connectivity index (χ3v) is 4.16. The van der Waals surface area contributed by atoms with E-state index >= 15 is 0 Å². The molecule has 0 radical (unpaired) electrons. The Bertz CT molecular complexity index is 1140. The van der Waals surface area contributed by atoms with Crippen molar-refractivity contribution in [2.24, 2.45) is 0 Å². The van der Waals surface area contributed by atoms with E-state index in [1.54, 1.807) is 47.5 Å². The van der Waals surface area contributed by atoms with Gasteiger partial charge in [0.1, 0.15) is 11.6 Å². The standard InChI is InChI=1S/C20H14FN3O2/c1-2-19(26)23-9-8-15(12-23)24-11-14-10-13(6-7-17(14)22-24)20-16(21)4-3-5-18(20)25/h2-12,25H,1H2. The normalized spacial score (nSPS) is 11.0. The first-order chi connectivity index (χ1) is 12.6. The van der Waals surface area contributed by atoms with Crippen LogP contribution in [-0.4, -0.2) is 25.4 Å². The van der Waals surface area contributed by atoms with Gasteiger partial charge in [-0.2, -0.15) is 5.10 Å². The van der Waals surface area contributed by atoms with E-state index in [2.05, 4.69) is 11.7 Å². The summed E-state index contributed by atoms with van der Waals surface area (Å²) >= 11 is 0. The van der Waals surface area contributed by atoms with Gasteiger partial charge in [0.25, 0.3) is 5.91 Å². The second-order valence-electron chi connectivity index (χ2n) is 5.80. The molecule has 0 amide bonds. The van der Waals surface area contributed by atoms with E-state index in [0.717, 1.165) is 5.39 Å². The maximum Gasteiger partial charge on any atom is 0.254 e. The van der Waals surface area contributed by atoms with Gasteiger partial charge in [-0.3, -0.25) is 9.36 Å². The number of halogens is 1. The van der Waals surface area contributed by atoms with Crippen molar-refractivity contribution in [2.75, 3.05) is 0 Å². The average Bonchev–Trinajstić information content (AvgIpc) is 3.27. The molecule has 0 spiro atoms. The molecule has 26 heavy (non-hydrogen) atoms. The van der Waals surface area contributed by atoms with Crippen LogP contribution in [0.2, 0.25) is 0 Å². The van der Waals surface area contributed by atoms with Gasteiger partial charge < -0.3 is 5.11 Å². The van der Waals surface area contributed by atoms with E-state index < -0.39 is 5.82 Å². The molecule has 4 aromatic rings. The van der Waals surface area contributed by atoms with Crippen molar-refractivity contribution in [3.63, 3.8) is 0 Å². The van der Waals surface area contributed by atoms with Crippen LogP contribution in [0.15, 0.2) is 73.7 Å². The summed E-state index contributed by atoms with van der Waals surface area (Å²) in [5, 5.41) is 15.2. The zero-order valence-corrected chi connectivity index (χ0v) is 13.6. The zero-order chi connectivity index (χ0) is 18.3. The molecule has 0 bridgehead atoms. The Morgan fingerprint density at radius 2 is 2.04 bits per heavy atom. The molecule has 2 aromatic carbocycles. The number of carbonyl (C=O) groups is 1. The van der Waals surface area contributed by atoms with Gasteiger partial charge in [-0.25, -0.2) is 9.07 Å². The zero-order valence-electron chi connectivity index (χ0n) is 13.6. The van der Waals surface area contributed by atoms with Gasteiger partial charge in [0.2, 0.25) is 0 Å². The number of aromatic nitrogens is 3. The Kier molecular flexibility index (Phi) is 3.65. The molecule has 0 saturated heterocycles. The monoisotopic (exact) mass is 347 g/mol. The number of nitrogens with zero attached hydrogens (tertiary/aromatic N) is 3. The van der Waals surface area contributed by atoms with Crippen LogP contribution in [0.25, 0.3) is 27.7 Å². The number of aromatic hydroxyl groups is 1. The summed E-state index contributed by atoms with van der Waals surface area (Å²) in [6.07, 6.45) is 6.30. The largest absolute Gasteiger partial charge is 0.507 e. The minimum absolute atomic E-state index is 0.114. The van der Waals surface area contributed by atoms with Crippen LogP contribution in [0.3, 0.4) is 0 Å². The maximum atomic E-state index is 14.1. The summed E-state index contributed by atoms with van der Waals surface area (Å²) in [5.74, 6) is -0.834. The third kappa shape index (κ3) is 2.57. The molecule has 0 fully saturated rings. The second kappa shape index (κ2) is 6.00. The lowest BCUT2D eigenvalue weighted by Gasteiger charge is -2.05. The van der Waals surface area contributed by atoms with Crippen LogP contribution >= 0.6 is 0 Å². The third-order valence-electron chi connectivity index (χ3n) is 4.16. The number of hydrogen-bond acceptors (Lipinski definition) is 3. The van der Waals surface area contributed by atoms with Gasteiger partial charge in [-0.15, -0.1) is 0 Å². The molecule has 0 unspecified atom stereocenters. The van der Waals surface area contributed by atoms with Crippen LogP contribution in [0, 0.1) is 5.82 Å². The second-order valence-corrected chi connectivity index (χ2v) is 5.80. The fourth-order valence-electron chi connectivity index (χ4n) is 2.88. The highest BCUT2D eigenvalue weighted by Crippen LogP contribution is 2.33. The van der Waals surface area contributed by atoms with Crippen LogP contribution < -0.4 is 0 Å². The first kappa shape index (κ1) is 15.8. The van der Waals surface area contributed by atoms with E-state index in [-0.39, 0.29) is 17.2 Å². The number of fused-ring (bicyclic) bond motifs is 1. The van der Waals surface area contributed by atoms with Gasteiger partial charge in [0.15, 0.2) is 0 Å². The molecular weight excluding hydrogens is 333 g/mol. The van der Waals surface area contributed by atoms with E-state index in [0.29, 0.717) is 16.8 Å². The molecule has 1 N–H and O–H groups in total. The SMILES string of the molecule is C=CC(=O)n1ccc(-n2cc3cc(-c4c(O)cccc4F)ccc3n2)c1. The molecule has 2 aromatic heterocycles. The molecule has 4 rings (SSSR count). The lowest BCUT2D eigenvalue weighted by atomic mass is 10.0. The van der Waals surface area contributed by atoms with Crippen molar-refractivity contribution in [1.29, 1.82) is 0 Å². The predicted octanol–water partition coefficient (Wildman–Crippen LogP) is 4.16. The van der Waals surface area contributed by atoms with Crippen LogP contribution in [0.4, 0.5) is 4.39 Å². The molecule has 2 heterocycles. The smallest absolute Gasteiger partial charge is 0.254 e. The van der Waals surface area contributed by atoms with Crippen LogP contribution in [0.1, 0.15) is 4.79 Å². The summed E-state index contributed by atoms with van der Waals surface area (Å²) in [5.41, 5.74) is 2.15. The summed E-state index contributed by atoms with van der Waals surface area (Å²) in [6.45, 7) is 3.46. The lowest BCUT2D eigenvalue weighted by molar-refractivity contribution is 0.0969. The van der Waals surface area contributed by atoms with E-state index in [9.17, 15) is 14.3 Å². The van der Waals surface area contributed by atoms with Gasteiger partial charge in [-0.05, 0) is 42.0 Å². The maximum absolute atomic E-state index is 14.1. The van der Waals surface area contributed by atoms with Crippen molar-refractivity contribution in [3.8, 4) is 22.6 Å². The molecule has 128 valence electrons. The van der Waals surface area contributed by atoms with Crippen molar-refractivity contribution < 1.29 is 14.3 Å². The number of hydrogen-bond donors (Lipinski definition) is 1. The Morgan fingerprint density at radius 3 is 2.81 bits per heavy atom. The first-order valence-corrected chi connectivity index (χ1v) is 7.89. The first-order valence-electron chi connectivity index (χ1n) is 7.89. The van der Waals surface area contributed by atoms with Gasteiger partial charge in [-0.1, -0.05) is 18.7 Å². The Morgan fingerprint density at radius 1 is 1.19 bits per heavy atom. The number of benzene rings is 2. The molecule has 0 saturated carbocycles. The molecular formula is C20H14FN3O2. The summed E-state index contributed by atoms with van der Waals surface area (Å²) in [4.78, 5) is 11.7. The molecule has 0 atom stereocenters. The average molecular weight is 347 g/mol. The topological polar surface area (TPSA) is 60.0 Å². The predicted molar refractivity (Wildman–Crippen MR) is 96.9 cm³/mol. The Hall–Kier alpha value is -3.67. The summed E-state index contributed by atoms with van der Waals surface area (Å²) in [7, 11) is 0. The quantitative estimate of drug-likeness (QED) is 0.566. The van der Waals surface area contributed by atoms with E-state index in [4.69, 9.17) is 0 Å². The Labute approximate surface area is 148 Å². The fraction of sp³-hybridized carbons (Fsp3) is 0. The minimum Gasteiger partial charge on any atom is -0.507 e. The van der Waals surface area contributed by atoms with Crippen LogP contribution in [-0.2, 0) is 0 Å². The Balaban J connectivity index is 1.78. The van der Waals surface area contributed by atoms with Gasteiger partial charge >= 0.3 is 0 Å². The molecule has 0 aliphatic carbocycles.